The molecule has 0 spiro atoms. The number of sulfonamides is 1. The van der Waals surface area contributed by atoms with Crippen LogP contribution in [-0.2, 0) is 19.6 Å². The molecular formula is C22H31N3O6S. The Hall–Kier alpha value is -2.46. The summed E-state index contributed by atoms with van der Waals surface area (Å²) in [5, 5.41) is 4.41. The molecule has 1 saturated carbocycles. The normalized spacial score (nSPS) is 24.6. The summed E-state index contributed by atoms with van der Waals surface area (Å²) in [6.45, 7) is 8.32. The highest BCUT2D eigenvalue weighted by Gasteiger charge is 2.53. The molecule has 32 heavy (non-hydrogen) atoms. The number of carbonyl (C=O) groups excluding carboxylic acids is 3. The molecule has 2 N–H and O–H groups in total. The lowest BCUT2D eigenvalue weighted by molar-refractivity contribution is -0.123. The molecule has 3 amide bonds. The number of imide groups is 1. The van der Waals surface area contributed by atoms with Gasteiger partial charge in [-0.2, -0.15) is 4.31 Å². The monoisotopic (exact) mass is 465 g/mol. The van der Waals surface area contributed by atoms with Crippen molar-refractivity contribution < 1.29 is 27.5 Å². The number of rotatable bonds is 6. The van der Waals surface area contributed by atoms with Crippen LogP contribution in [0.4, 0.5) is 4.79 Å². The topological polar surface area (TPSA) is 122 Å². The SMILES string of the molecule is CCNC(=O)NC(=O)COC(=O)c1cccc(S(=O)(=O)N2C[C@@]3(C)C[C@H]2CC(C)(C)C3)c1. The summed E-state index contributed by atoms with van der Waals surface area (Å²) in [5.41, 5.74) is 0.0286. The third kappa shape index (κ3) is 5.29. The number of amides is 3. The molecule has 1 aromatic rings. The second-order valence-electron chi connectivity index (χ2n) is 9.78. The zero-order valence-electron chi connectivity index (χ0n) is 18.9. The van der Waals surface area contributed by atoms with Gasteiger partial charge in [-0.3, -0.25) is 10.1 Å². The first-order valence-corrected chi connectivity index (χ1v) is 12.2. The molecule has 0 aromatic heterocycles. The Morgan fingerprint density at radius 3 is 2.59 bits per heavy atom. The highest BCUT2D eigenvalue weighted by Crippen LogP contribution is 2.53. The Kier molecular flexibility index (Phi) is 6.67. The first-order valence-electron chi connectivity index (χ1n) is 10.7. The van der Waals surface area contributed by atoms with Crippen molar-refractivity contribution in [3.63, 3.8) is 0 Å². The van der Waals surface area contributed by atoms with Crippen molar-refractivity contribution in [3.8, 4) is 0 Å². The Balaban J connectivity index is 1.71. The predicted octanol–water partition coefficient (Wildman–Crippen LogP) is 2.28. The molecule has 10 heteroatoms. The number of nitrogens with one attached hydrogen (secondary N) is 2. The Labute approximate surface area is 188 Å². The fourth-order valence-corrected chi connectivity index (χ4v) is 7.01. The van der Waals surface area contributed by atoms with Crippen LogP contribution in [0.25, 0.3) is 0 Å². The van der Waals surface area contributed by atoms with E-state index in [9.17, 15) is 22.8 Å². The molecule has 1 aromatic carbocycles. The van der Waals surface area contributed by atoms with E-state index in [1.54, 1.807) is 11.2 Å². The van der Waals surface area contributed by atoms with Crippen LogP contribution in [0.5, 0.6) is 0 Å². The van der Waals surface area contributed by atoms with E-state index in [0.717, 1.165) is 19.3 Å². The molecule has 2 bridgehead atoms. The van der Waals surface area contributed by atoms with Gasteiger partial charge in [-0.1, -0.05) is 26.8 Å². The number of fused-ring (bicyclic) bond motifs is 2. The number of carbonyl (C=O) groups is 3. The van der Waals surface area contributed by atoms with Gasteiger partial charge in [0.15, 0.2) is 6.61 Å². The first kappa shape index (κ1) is 24.2. The molecular weight excluding hydrogens is 434 g/mol. The van der Waals surface area contributed by atoms with Gasteiger partial charge in [-0.15, -0.1) is 0 Å². The molecule has 1 aliphatic heterocycles. The van der Waals surface area contributed by atoms with E-state index in [4.69, 9.17) is 4.74 Å². The number of benzene rings is 1. The minimum absolute atomic E-state index is 0.0191. The fraction of sp³-hybridized carbons (Fsp3) is 0.591. The number of nitrogens with zero attached hydrogens (tertiary/aromatic N) is 1. The van der Waals surface area contributed by atoms with Gasteiger partial charge in [0.05, 0.1) is 10.5 Å². The van der Waals surface area contributed by atoms with Crippen LogP contribution in [0, 0.1) is 10.8 Å². The highest BCUT2D eigenvalue weighted by atomic mass is 32.2. The van der Waals surface area contributed by atoms with Gasteiger partial charge in [0.1, 0.15) is 0 Å². The van der Waals surface area contributed by atoms with Gasteiger partial charge in [-0.25, -0.2) is 18.0 Å². The van der Waals surface area contributed by atoms with Gasteiger partial charge in [0, 0.05) is 19.1 Å². The summed E-state index contributed by atoms with van der Waals surface area (Å²) in [4.78, 5) is 35.4. The van der Waals surface area contributed by atoms with E-state index in [0.29, 0.717) is 13.1 Å². The standard InChI is InChI=1S/C22H31N3O6S/c1-5-23-20(28)24-18(26)12-31-19(27)15-7-6-8-17(9-15)32(29,30)25-14-22(4)11-16(25)10-21(2,3)13-22/h6-9,16H,5,10-14H2,1-4H3,(H2,23,24,26,28)/t16-,22+/m1/s1. The third-order valence-corrected chi connectivity index (χ3v) is 7.86. The minimum atomic E-state index is -3.80. The summed E-state index contributed by atoms with van der Waals surface area (Å²) in [5.74, 6) is -1.63. The predicted molar refractivity (Wildman–Crippen MR) is 117 cm³/mol. The molecule has 2 atom stereocenters. The largest absolute Gasteiger partial charge is 0.452 e. The number of hydrogen-bond donors (Lipinski definition) is 2. The number of esters is 1. The Morgan fingerprint density at radius 2 is 1.91 bits per heavy atom. The lowest BCUT2D eigenvalue weighted by Gasteiger charge is -2.39. The maximum absolute atomic E-state index is 13.4. The average Bonchev–Trinajstić information content (AvgIpc) is 2.95. The van der Waals surface area contributed by atoms with Crippen molar-refractivity contribution in [1.29, 1.82) is 0 Å². The van der Waals surface area contributed by atoms with E-state index in [-0.39, 0.29) is 27.3 Å². The van der Waals surface area contributed by atoms with E-state index < -0.39 is 34.5 Å². The summed E-state index contributed by atoms with van der Waals surface area (Å²) < 4.78 is 33.3. The quantitative estimate of drug-likeness (QED) is 0.622. The zero-order chi connectivity index (χ0) is 23.7. The molecule has 176 valence electrons. The van der Waals surface area contributed by atoms with Crippen molar-refractivity contribution >= 4 is 27.9 Å². The summed E-state index contributed by atoms with van der Waals surface area (Å²) in [6, 6.07) is 4.89. The first-order chi connectivity index (χ1) is 14.8. The van der Waals surface area contributed by atoms with E-state index in [1.807, 2.05) is 5.32 Å². The van der Waals surface area contributed by atoms with Crippen LogP contribution >= 0.6 is 0 Å². The lowest BCUT2D eigenvalue weighted by Crippen LogP contribution is -2.41. The van der Waals surface area contributed by atoms with E-state index in [2.05, 4.69) is 26.1 Å². The lowest BCUT2D eigenvalue weighted by atomic mass is 9.65. The maximum atomic E-state index is 13.4. The summed E-state index contributed by atoms with van der Waals surface area (Å²) >= 11 is 0. The second kappa shape index (κ2) is 8.82. The number of urea groups is 1. The Bertz CT molecular complexity index is 1020. The highest BCUT2D eigenvalue weighted by molar-refractivity contribution is 7.89. The van der Waals surface area contributed by atoms with Crippen LogP contribution < -0.4 is 10.6 Å². The average molecular weight is 466 g/mol. The van der Waals surface area contributed by atoms with Crippen LogP contribution in [0.3, 0.4) is 0 Å². The van der Waals surface area contributed by atoms with Crippen molar-refractivity contribution in [1.82, 2.24) is 14.9 Å². The molecule has 1 saturated heterocycles. The van der Waals surface area contributed by atoms with Crippen LogP contribution in [0.15, 0.2) is 29.2 Å². The fourth-order valence-electron chi connectivity index (χ4n) is 5.19. The Morgan fingerprint density at radius 1 is 1.19 bits per heavy atom. The molecule has 1 heterocycles. The number of hydrogen-bond acceptors (Lipinski definition) is 6. The van der Waals surface area contributed by atoms with Gasteiger partial charge < -0.3 is 10.1 Å². The van der Waals surface area contributed by atoms with Gasteiger partial charge in [0.25, 0.3) is 5.91 Å². The molecule has 2 fully saturated rings. The van der Waals surface area contributed by atoms with Gasteiger partial charge in [0.2, 0.25) is 10.0 Å². The third-order valence-electron chi connectivity index (χ3n) is 5.97. The van der Waals surface area contributed by atoms with Crippen molar-refractivity contribution in [3.05, 3.63) is 29.8 Å². The maximum Gasteiger partial charge on any atom is 0.338 e. The molecule has 9 nitrogen and oxygen atoms in total. The summed E-state index contributed by atoms with van der Waals surface area (Å²) in [7, 11) is -3.80. The van der Waals surface area contributed by atoms with Crippen molar-refractivity contribution in [2.75, 3.05) is 19.7 Å². The van der Waals surface area contributed by atoms with Crippen molar-refractivity contribution in [2.45, 2.75) is 57.9 Å². The van der Waals surface area contributed by atoms with Crippen LogP contribution in [-0.4, -0.2) is 56.4 Å². The minimum Gasteiger partial charge on any atom is -0.452 e. The van der Waals surface area contributed by atoms with E-state index >= 15 is 0 Å². The zero-order valence-corrected chi connectivity index (χ0v) is 19.8. The van der Waals surface area contributed by atoms with Crippen LogP contribution in [0.2, 0.25) is 0 Å². The molecule has 0 unspecified atom stereocenters. The number of ether oxygens (including phenoxy) is 1. The second-order valence-corrected chi connectivity index (χ2v) is 11.7. The molecule has 2 aliphatic rings. The van der Waals surface area contributed by atoms with Gasteiger partial charge in [-0.05, 0) is 55.2 Å². The van der Waals surface area contributed by atoms with Crippen molar-refractivity contribution in [2.24, 2.45) is 10.8 Å². The molecule has 1 aliphatic carbocycles. The van der Waals surface area contributed by atoms with Crippen LogP contribution in [0.1, 0.15) is 57.3 Å². The van der Waals surface area contributed by atoms with Gasteiger partial charge >= 0.3 is 12.0 Å². The molecule has 3 rings (SSSR count). The smallest absolute Gasteiger partial charge is 0.338 e. The summed E-state index contributed by atoms with van der Waals surface area (Å²) in [6.07, 6.45) is 2.59. The van der Waals surface area contributed by atoms with E-state index in [1.165, 1.54) is 24.3 Å². The molecule has 0 radical (unpaired) electrons.